The second-order valence-corrected chi connectivity index (χ2v) is 8.00. The summed E-state index contributed by atoms with van der Waals surface area (Å²) < 4.78 is 5.59. The second-order valence-electron chi connectivity index (χ2n) is 8.00. The summed E-state index contributed by atoms with van der Waals surface area (Å²) >= 11 is 0. The lowest BCUT2D eigenvalue weighted by Gasteiger charge is -2.22. The molecule has 1 N–H and O–H groups in total. The fraction of sp³-hybridized carbons (Fsp3) is 0.591. The summed E-state index contributed by atoms with van der Waals surface area (Å²) in [4.78, 5) is 12.6. The monoisotopic (exact) mass is 340 g/mol. The van der Waals surface area contributed by atoms with Crippen LogP contribution in [0.15, 0.2) is 41.7 Å². The van der Waals surface area contributed by atoms with Gasteiger partial charge in [0.25, 0.3) is 0 Å². The molecule has 4 rings (SSSR count). The summed E-state index contributed by atoms with van der Waals surface area (Å²) in [5.74, 6) is 1.10. The summed E-state index contributed by atoms with van der Waals surface area (Å²) in [5, 5.41) is 10.8. The van der Waals surface area contributed by atoms with Crippen LogP contribution < -0.4 is 0 Å². The number of carbonyl (C=O) groups excluding carboxylic acids is 1. The molecule has 1 aromatic carbocycles. The zero-order valence-electron chi connectivity index (χ0n) is 14.8. The van der Waals surface area contributed by atoms with E-state index in [1.165, 1.54) is 32.1 Å². The van der Waals surface area contributed by atoms with Crippen molar-refractivity contribution in [3.63, 3.8) is 0 Å². The lowest BCUT2D eigenvalue weighted by atomic mass is 9.84. The van der Waals surface area contributed by atoms with Crippen molar-refractivity contribution in [1.82, 2.24) is 0 Å². The first kappa shape index (κ1) is 16.7. The van der Waals surface area contributed by atoms with Crippen molar-refractivity contribution in [2.45, 2.75) is 69.8 Å². The Kier molecular flexibility index (Phi) is 4.82. The van der Waals surface area contributed by atoms with Gasteiger partial charge in [0.15, 0.2) is 6.10 Å². The minimum Gasteiger partial charge on any atom is -0.508 e. The van der Waals surface area contributed by atoms with Crippen LogP contribution in [0.25, 0.3) is 0 Å². The number of esters is 1. The van der Waals surface area contributed by atoms with Gasteiger partial charge >= 0.3 is 5.97 Å². The van der Waals surface area contributed by atoms with Crippen molar-refractivity contribution >= 4 is 5.97 Å². The largest absolute Gasteiger partial charge is 0.508 e. The number of carbonyl (C=O) groups is 1. The third kappa shape index (κ3) is 3.61. The maximum atomic E-state index is 12.6. The molecule has 2 saturated carbocycles. The Labute approximate surface area is 150 Å². The molecule has 0 radical (unpaired) electrons. The highest BCUT2D eigenvalue weighted by Crippen LogP contribution is 2.49. The number of aliphatic hydroxyl groups is 1. The van der Waals surface area contributed by atoms with Gasteiger partial charge < -0.3 is 9.84 Å². The van der Waals surface area contributed by atoms with E-state index in [1.54, 1.807) is 0 Å². The fourth-order valence-electron chi connectivity index (χ4n) is 4.64. The van der Waals surface area contributed by atoms with Crippen molar-refractivity contribution in [1.29, 1.82) is 0 Å². The van der Waals surface area contributed by atoms with Crippen LogP contribution in [-0.2, 0) is 9.53 Å². The molecule has 0 spiro atoms. The molecule has 0 bridgehead atoms. The predicted molar refractivity (Wildman–Crippen MR) is 97.3 cm³/mol. The lowest BCUT2D eigenvalue weighted by molar-refractivity contribution is -0.140. The Hall–Kier alpha value is -1.77. The Balaban J connectivity index is 1.50. The average molecular weight is 340 g/mol. The van der Waals surface area contributed by atoms with Gasteiger partial charge in [0, 0.05) is 5.92 Å². The minimum atomic E-state index is -0.422. The summed E-state index contributed by atoms with van der Waals surface area (Å²) in [6, 6.07) is 10.1. The summed E-state index contributed by atoms with van der Waals surface area (Å²) in [5.41, 5.74) is 1.65. The number of aliphatic hydroxyl groups excluding tert-OH is 1. The zero-order chi connectivity index (χ0) is 17.2. The van der Waals surface area contributed by atoms with E-state index in [1.807, 2.05) is 18.2 Å². The molecule has 2 fully saturated rings. The van der Waals surface area contributed by atoms with Crippen LogP contribution >= 0.6 is 0 Å². The maximum Gasteiger partial charge on any atom is 0.338 e. The molecular weight excluding hydrogens is 312 g/mol. The predicted octanol–water partition coefficient (Wildman–Crippen LogP) is 5.28. The number of rotatable bonds is 6. The quantitative estimate of drug-likeness (QED) is 0.717. The standard InChI is InChI=1S/C22H28O3/c23-21-18(14-11-15-7-3-1-4-8-15)25-22(24)20(21)19(17-12-13-17)16-9-5-2-6-10-16/h2,5-6,9-10,15,17-19,23H,1,3-4,7-8,11-14H2. The molecule has 1 aromatic rings. The molecule has 2 aliphatic carbocycles. The van der Waals surface area contributed by atoms with E-state index >= 15 is 0 Å². The van der Waals surface area contributed by atoms with Gasteiger partial charge in [0.2, 0.25) is 0 Å². The van der Waals surface area contributed by atoms with Crippen LogP contribution in [0.3, 0.4) is 0 Å². The van der Waals surface area contributed by atoms with Gasteiger partial charge in [-0.15, -0.1) is 0 Å². The van der Waals surface area contributed by atoms with Gasteiger partial charge in [-0.1, -0.05) is 62.4 Å². The third-order valence-corrected chi connectivity index (χ3v) is 6.18. The first-order chi connectivity index (χ1) is 12.2. The van der Waals surface area contributed by atoms with Crippen molar-refractivity contribution in [2.75, 3.05) is 0 Å². The highest BCUT2D eigenvalue weighted by molar-refractivity contribution is 5.93. The molecule has 3 nitrogen and oxygen atoms in total. The van der Waals surface area contributed by atoms with E-state index in [0.717, 1.165) is 37.2 Å². The maximum absolute atomic E-state index is 12.6. The van der Waals surface area contributed by atoms with Gasteiger partial charge in [-0.25, -0.2) is 4.79 Å². The van der Waals surface area contributed by atoms with E-state index in [0.29, 0.717) is 11.5 Å². The Morgan fingerprint density at radius 3 is 2.40 bits per heavy atom. The molecule has 2 unspecified atom stereocenters. The molecule has 1 heterocycles. The summed E-state index contributed by atoms with van der Waals surface area (Å²) in [6.07, 6.45) is 10.2. The van der Waals surface area contributed by atoms with Gasteiger partial charge in [-0.05, 0) is 43.1 Å². The van der Waals surface area contributed by atoms with Crippen LogP contribution in [0.1, 0.15) is 69.3 Å². The molecule has 0 saturated heterocycles. The molecule has 2 atom stereocenters. The van der Waals surface area contributed by atoms with Crippen molar-refractivity contribution in [2.24, 2.45) is 11.8 Å². The average Bonchev–Trinajstić information content (AvgIpc) is 3.44. The minimum absolute atomic E-state index is 0.00613. The molecule has 3 aliphatic rings. The molecule has 1 aliphatic heterocycles. The van der Waals surface area contributed by atoms with Gasteiger partial charge in [-0.2, -0.15) is 0 Å². The number of benzene rings is 1. The summed E-state index contributed by atoms with van der Waals surface area (Å²) in [6.45, 7) is 0. The second kappa shape index (κ2) is 7.23. The zero-order valence-corrected chi connectivity index (χ0v) is 14.8. The van der Waals surface area contributed by atoms with Crippen LogP contribution in [0.4, 0.5) is 0 Å². The van der Waals surface area contributed by atoms with Gasteiger partial charge in [0.1, 0.15) is 5.76 Å². The van der Waals surface area contributed by atoms with E-state index < -0.39 is 6.10 Å². The highest BCUT2D eigenvalue weighted by Gasteiger charge is 2.45. The van der Waals surface area contributed by atoms with Crippen LogP contribution in [0.5, 0.6) is 0 Å². The number of hydrogen-bond donors (Lipinski definition) is 1. The Morgan fingerprint density at radius 2 is 1.72 bits per heavy atom. The first-order valence-corrected chi connectivity index (χ1v) is 9.93. The van der Waals surface area contributed by atoms with Crippen LogP contribution in [0, 0.1) is 11.8 Å². The molecule has 3 heteroatoms. The van der Waals surface area contributed by atoms with Crippen LogP contribution in [-0.4, -0.2) is 17.2 Å². The van der Waals surface area contributed by atoms with Crippen molar-refractivity contribution < 1.29 is 14.6 Å². The van der Waals surface area contributed by atoms with E-state index in [-0.39, 0.29) is 17.6 Å². The topological polar surface area (TPSA) is 46.5 Å². The normalized spacial score (nSPS) is 25.9. The number of cyclic esters (lactones) is 1. The number of ether oxygens (including phenoxy) is 1. The van der Waals surface area contributed by atoms with Crippen LogP contribution in [0.2, 0.25) is 0 Å². The van der Waals surface area contributed by atoms with Crippen molar-refractivity contribution in [3.8, 4) is 0 Å². The Morgan fingerprint density at radius 1 is 1.00 bits per heavy atom. The fourth-order valence-corrected chi connectivity index (χ4v) is 4.64. The molecule has 134 valence electrons. The SMILES string of the molecule is O=C1OC(CCC2CCCCC2)C(O)=C1C(c1ccccc1)C1CC1. The molecule has 25 heavy (non-hydrogen) atoms. The van der Waals surface area contributed by atoms with E-state index in [9.17, 15) is 9.90 Å². The van der Waals surface area contributed by atoms with E-state index in [2.05, 4.69) is 12.1 Å². The third-order valence-electron chi connectivity index (χ3n) is 6.18. The molecular formula is C22H28O3. The first-order valence-electron chi connectivity index (χ1n) is 9.93. The molecule has 0 aromatic heterocycles. The lowest BCUT2D eigenvalue weighted by Crippen LogP contribution is -2.15. The van der Waals surface area contributed by atoms with Gasteiger partial charge in [-0.3, -0.25) is 0 Å². The molecule has 0 amide bonds. The smallest absolute Gasteiger partial charge is 0.338 e. The number of hydrogen-bond acceptors (Lipinski definition) is 3. The van der Waals surface area contributed by atoms with Gasteiger partial charge in [0.05, 0.1) is 5.57 Å². The van der Waals surface area contributed by atoms with E-state index in [4.69, 9.17) is 4.74 Å². The highest BCUT2D eigenvalue weighted by atomic mass is 16.6. The van der Waals surface area contributed by atoms with Crippen molar-refractivity contribution in [3.05, 3.63) is 47.2 Å². The summed E-state index contributed by atoms with van der Waals surface area (Å²) in [7, 11) is 0. The Bertz CT molecular complexity index is 638.